The minimum absolute atomic E-state index is 0.120. The number of hydrogen-bond acceptors (Lipinski definition) is 7. The summed E-state index contributed by atoms with van der Waals surface area (Å²) < 4.78 is 21.4. The first-order valence-corrected chi connectivity index (χ1v) is 9.70. The summed E-state index contributed by atoms with van der Waals surface area (Å²) in [6.45, 7) is 0.291. The molecule has 0 aliphatic heterocycles. The molecule has 0 atom stereocenters. The molecule has 156 valence electrons. The maximum atomic E-state index is 12.1. The van der Waals surface area contributed by atoms with E-state index in [1.165, 1.54) is 25.3 Å². The quantitative estimate of drug-likeness (QED) is 0.231. The molecule has 0 unspecified atom stereocenters. The van der Waals surface area contributed by atoms with Crippen LogP contribution in [-0.4, -0.2) is 38.7 Å². The van der Waals surface area contributed by atoms with Gasteiger partial charge < -0.3 is 23.9 Å². The van der Waals surface area contributed by atoms with E-state index in [9.17, 15) is 14.4 Å². The minimum atomic E-state index is -0.793. The van der Waals surface area contributed by atoms with E-state index >= 15 is 0 Å². The molecule has 8 nitrogen and oxygen atoms in total. The van der Waals surface area contributed by atoms with E-state index in [0.29, 0.717) is 22.2 Å². The van der Waals surface area contributed by atoms with Gasteiger partial charge in [0, 0.05) is 25.1 Å². The molecule has 1 amide bonds. The number of carbonyl (C=O) groups excluding carboxylic acids is 2. The summed E-state index contributed by atoms with van der Waals surface area (Å²) in [5, 5.41) is 3.07. The van der Waals surface area contributed by atoms with Crippen molar-refractivity contribution in [1.29, 1.82) is 0 Å². The summed E-state index contributed by atoms with van der Waals surface area (Å²) in [5.74, 6) is -0.483. The third kappa shape index (κ3) is 5.46. The van der Waals surface area contributed by atoms with Gasteiger partial charge in [-0.2, -0.15) is 0 Å². The van der Waals surface area contributed by atoms with E-state index in [0.717, 1.165) is 0 Å². The van der Waals surface area contributed by atoms with Gasteiger partial charge in [0.1, 0.15) is 22.6 Å². The molecule has 0 fully saturated rings. The third-order valence-corrected chi connectivity index (χ3v) is 4.61. The lowest BCUT2D eigenvalue weighted by molar-refractivity contribution is -0.136. The Morgan fingerprint density at radius 2 is 1.93 bits per heavy atom. The Labute approximate surface area is 179 Å². The van der Waals surface area contributed by atoms with Crippen LogP contribution >= 0.6 is 15.9 Å². The van der Waals surface area contributed by atoms with Crippen LogP contribution in [-0.2, 0) is 9.53 Å². The molecule has 0 radical (unpaired) electrons. The van der Waals surface area contributed by atoms with E-state index in [1.807, 2.05) is 6.07 Å². The number of esters is 1. The zero-order chi connectivity index (χ0) is 21.5. The number of halogens is 1. The predicted octanol–water partition coefficient (Wildman–Crippen LogP) is 2.92. The predicted molar refractivity (Wildman–Crippen MR) is 112 cm³/mol. The largest absolute Gasteiger partial charge is 0.481 e. The number of hydrogen-bond donors (Lipinski definition) is 1. The summed E-state index contributed by atoms with van der Waals surface area (Å²) in [6, 6.07) is 13.1. The van der Waals surface area contributed by atoms with Crippen molar-refractivity contribution in [2.75, 3.05) is 26.9 Å². The monoisotopic (exact) mass is 475 g/mol. The average molecular weight is 476 g/mol. The summed E-state index contributed by atoms with van der Waals surface area (Å²) in [6.07, 6.45) is 0. The second kappa shape index (κ2) is 10.0. The van der Waals surface area contributed by atoms with Gasteiger partial charge in [0.2, 0.25) is 0 Å². The Balaban J connectivity index is 1.68. The van der Waals surface area contributed by atoms with Crippen LogP contribution in [0.4, 0.5) is 0 Å². The van der Waals surface area contributed by atoms with Crippen LogP contribution in [0.3, 0.4) is 0 Å². The van der Waals surface area contributed by atoms with Gasteiger partial charge in [-0.05, 0) is 46.3 Å². The molecular formula is C21H18BrNO7. The molecule has 30 heavy (non-hydrogen) atoms. The van der Waals surface area contributed by atoms with Crippen molar-refractivity contribution in [1.82, 2.24) is 5.32 Å². The van der Waals surface area contributed by atoms with E-state index in [1.54, 1.807) is 24.3 Å². The lowest BCUT2D eigenvalue weighted by Gasteiger charge is -2.09. The smallest absolute Gasteiger partial charge is 0.349 e. The van der Waals surface area contributed by atoms with Crippen molar-refractivity contribution < 1.29 is 28.2 Å². The number of amides is 1. The normalized spacial score (nSPS) is 10.6. The second-order valence-corrected chi connectivity index (χ2v) is 6.94. The Morgan fingerprint density at radius 3 is 2.70 bits per heavy atom. The molecule has 9 heteroatoms. The molecule has 0 aliphatic carbocycles. The van der Waals surface area contributed by atoms with Crippen LogP contribution in [0.1, 0.15) is 10.4 Å². The summed E-state index contributed by atoms with van der Waals surface area (Å²) >= 11 is 3.33. The minimum Gasteiger partial charge on any atom is -0.481 e. The first-order valence-electron chi connectivity index (χ1n) is 8.91. The summed E-state index contributed by atoms with van der Waals surface area (Å²) in [4.78, 5) is 36.3. The second-order valence-electron chi connectivity index (χ2n) is 6.09. The van der Waals surface area contributed by atoms with Crippen molar-refractivity contribution in [3.05, 3.63) is 69.0 Å². The van der Waals surface area contributed by atoms with Crippen molar-refractivity contribution in [2.24, 2.45) is 0 Å². The van der Waals surface area contributed by atoms with Crippen LogP contribution in [0.15, 0.2) is 62.2 Å². The zero-order valence-electron chi connectivity index (χ0n) is 16.0. The lowest BCUT2D eigenvalue weighted by Crippen LogP contribution is -2.30. The average Bonchev–Trinajstić information content (AvgIpc) is 2.72. The standard InChI is InChI=1S/C21H18BrNO7/c1-27-9-8-23-20(25)15-10-13-6-7-14(11-18(13)30-21(15)26)29-19(24)12-28-17-5-3-2-4-16(17)22/h2-7,10-11H,8-9,12H2,1H3,(H,23,25). The maximum Gasteiger partial charge on any atom is 0.349 e. The van der Waals surface area contributed by atoms with Gasteiger partial charge in [0.15, 0.2) is 6.61 Å². The van der Waals surface area contributed by atoms with Gasteiger partial charge >= 0.3 is 11.6 Å². The molecule has 1 N–H and O–H groups in total. The summed E-state index contributed by atoms with van der Waals surface area (Å²) in [7, 11) is 1.51. The molecule has 0 aliphatic rings. The van der Waals surface area contributed by atoms with Gasteiger partial charge in [-0.3, -0.25) is 4.79 Å². The first-order chi connectivity index (χ1) is 14.5. The number of benzene rings is 2. The third-order valence-electron chi connectivity index (χ3n) is 3.96. The summed E-state index contributed by atoms with van der Waals surface area (Å²) in [5.41, 5.74) is -0.728. The van der Waals surface area contributed by atoms with Gasteiger partial charge in [0.25, 0.3) is 5.91 Å². The number of para-hydroxylation sites is 1. The van der Waals surface area contributed by atoms with Gasteiger partial charge in [-0.1, -0.05) is 12.1 Å². The van der Waals surface area contributed by atoms with Crippen LogP contribution in [0.25, 0.3) is 11.0 Å². The molecule has 0 bridgehead atoms. The molecule has 0 saturated heterocycles. The highest BCUT2D eigenvalue weighted by Crippen LogP contribution is 2.24. The Morgan fingerprint density at radius 1 is 1.13 bits per heavy atom. The molecule has 0 spiro atoms. The molecule has 3 aromatic rings. The highest BCUT2D eigenvalue weighted by atomic mass is 79.9. The highest BCUT2D eigenvalue weighted by molar-refractivity contribution is 9.10. The Bertz CT molecular complexity index is 1130. The van der Waals surface area contributed by atoms with Gasteiger partial charge in [-0.15, -0.1) is 0 Å². The molecule has 1 heterocycles. The van der Waals surface area contributed by atoms with Gasteiger partial charge in [0.05, 0.1) is 11.1 Å². The first kappa shape index (κ1) is 21.5. The number of ether oxygens (including phenoxy) is 3. The van der Waals surface area contributed by atoms with Gasteiger partial charge in [-0.25, -0.2) is 9.59 Å². The fraction of sp³-hybridized carbons (Fsp3) is 0.190. The van der Waals surface area contributed by atoms with Crippen molar-refractivity contribution in [3.8, 4) is 11.5 Å². The van der Waals surface area contributed by atoms with Crippen LogP contribution < -0.4 is 20.4 Å². The molecule has 3 rings (SSSR count). The van der Waals surface area contributed by atoms with Crippen molar-refractivity contribution in [2.45, 2.75) is 0 Å². The number of nitrogens with one attached hydrogen (secondary N) is 1. The van der Waals surface area contributed by atoms with Crippen LogP contribution in [0.2, 0.25) is 0 Å². The van der Waals surface area contributed by atoms with E-state index < -0.39 is 17.5 Å². The fourth-order valence-electron chi connectivity index (χ4n) is 2.53. The lowest BCUT2D eigenvalue weighted by atomic mass is 10.1. The SMILES string of the molecule is COCCNC(=O)c1cc2ccc(OC(=O)COc3ccccc3Br)cc2oc1=O. The Hall–Kier alpha value is -3.17. The van der Waals surface area contributed by atoms with Crippen LogP contribution in [0, 0.1) is 0 Å². The number of carbonyl (C=O) groups is 2. The van der Waals surface area contributed by atoms with Crippen molar-refractivity contribution >= 4 is 38.8 Å². The van der Waals surface area contributed by atoms with E-state index in [4.69, 9.17) is 18.6 Å². The number of rotatable bonds is 8. The molecule has 2 aromatic carbocycles. The van der Waals surface area contributed by atoms with E-state index in [-0.39, 0.29) is 30.0 Å². The van der Waals surface area contributed by atoms with Crippen molar-refractivity contribution in [3.63, 3.8) is 0 Å². The van der Waals surface area contributed by atoms with Crippen LogP contribution in [0.5, 0.6) is 11.5 Å². The molecule has 1 aromatic heterocycles. The zero-order valence-corrected chi connectivity index (χ0v) is 17.6. The number of methoxy groups -OCH3 is 1. The fourth-order valence-corrected chi connectivity index (χ4v) is 2.93. The molecule has 0 saturated carbocycles. The van der Waals surface area contributed by atoms with E-state index in [2.05, 4.69) is 21.2 Å². The highest BCUT2D eigenvalue weighted by Gasteiger charge is 2.15. The Kier molecular flexibility index (Phi) is 7.21. The molecular weight excluding hydrogens is 458 g/mol. The number of fused-ring (bicyclic) bond motifs is 1. The topological polar surface area (TPSA) is 104 Å². The maximum absolute atomic E-state index is 12.1.